The molecule has 0 aromatic heterocycles. The van der Waals surface area contributed by atoms with Crippen LogP contribution in [0.15, 0.2) is 70.4 Å². The smallest absolute Gasteiger partial charge is 0.748 e. The molecule has 12 nitrogen and oxygen atoms in total. The fourth-order valence-electron chi connectivity index (χ4n) is 7.96. The quantitative estimate of drug-likeness (QED) is 0.186. The van der Waals surface area contributed by atoms with E-state index in [0.717, 1.165) is 64.3 Å². The van der Waals surface area contributed by atoms with Crippen molar-refractivity contribution in [3.8, 4) is 23.0 Å². The van der Waals surface area contributed by atoms with Gasteiger partial charge in [0.25, 0.3) is 0 Å². The largest absolute Gasteiger partial charge is 1.00 e. The van der Waals surface area contributed by atoms with Gasteiger partial charge in [-0.2, -0.15) is 4.58 Å². The third-order valence-corrected chi connectivity index (χ3v) is 12.7. The van der Waals surface area contributed by atoms with Gasteiger partial charge in [0.2, 0.25) is 19.3 Å². The Morgan fingerprint density at radius 1 is 0.796 bits per heavy atom. The van der Waals surface area contributed by atoms with Gasteiger partial charge in [0.15, 0.2) is 28.7 Å². The van der Waals surface area contributed by atoms with E-state index < -0.39 is 42.6 Å². The average Bonchev–Trinajstić information content (AvgIpc) is 3.81. The van der Waals surface area contributed by atoms with E-state index >= 15 is 0 Å². The van der Waals surface area contributed by atoms with Gasteiger partial charge in [0, 0.05) is 64.0 Å². The first-order valence-corrected chi connectivity index (χ1v) is 21.1. The van der Waals surface area contributed by atoms with E-state index in [1.807, 2.05) is 48.6 Å². The third kappa shape index (κ3) is 8.27. The van der Waals surface area contributed by atoms with Crippen LogP contribution in [0.2, 0.25) is 0 Å². The normalized spacial score (nSPS) is 21.1. The molecule has 4 heterocycles. The minimum Gasteiger partial charge on any atom is -0.748 e. The molecule has 0 fully saturated rings. The number of anilines is 1. The standard InChI is InChI=1S/C38H43ClN2O10S2.K/c1-37(2)26-18-30-32(50-22-48-30)20-28(26)40(14-6-16-52(42,43)44)34(37)12-10-24-8-5-9-25(36(24)39)11-13-35-38(3,4)27-19-31-33(51-23-49-31)21-29(27)41(35)15-7-17-53(45,46)47;/h10-13,18-21H,5-9,14-17,22-23H2,1-4H3,(H-,42,43,44,45,46,47);/q;+1/p-1. The van der Waals surface area contributed by atoms with Crippen molar-refractivity contribution in [3.05, 3.63) is 81.6 Å². The summed E-state index contributed by atoms with van der Waals surface area (Å²) in [4.78, 5) is 2.05. The van der Waals surface area contributed by atoms with Gasteiger partial charge in [0.05, 0.1) is 31.7 Å². The summed E-state index contributed by atoms with van der Waals surface area (Å²) in [6.07, 6.45) is 10.8. The predicted octanol–water partition coefficient (Wildman–Crippen LogP) is 3.24. The molecule has 0 N–H and O–H groups in total. The van der Waals surface area contributed by atoms with E-state index in [1.165, 1.54) is 0 Å². The number of nitrogens with zero attached hydrogens (tertiary/aromatic N) is 2. The average molecular weight is 825 g/mol. The minimum atomic E-state index is -4.38. The number of benzene rings is 2. The Morgan fingerprint density at radius 2 is 1.39 bits per heavy atom. The van der Waals surface area contributed by atoms with Crippen molar-refractivity contribution in [1.82, 2.24) is 0 Å². The molecule has 4 aliphatic heterocycles. The van der Waals surface area contributed by atoms with Gasteiger partial charge in [-0.05, 0) is 74.4 Å². The fraction of sp³-hybridized carbons (Fsp3) is 0.447. The van der Waals surface area contributed by atoms with Gasteiger partial charge in [0.1, 0.15) is 6.54 Å². The molecule has 5 aliphatic rings. The van der Waals surface area contributed by atoms with Crippen LogP contribution in [0, 0.1) is 0 Å². The molecule has 0 amide bonds. The SMILES string of the molecule is CC1(C)C(/C=C/C2=C(Cl)C(=C/C=C3/N(CCCS(=O)(=O)[O-])c4cc5c(cc4C3(C)C)OCO5)/CCC2)=[N+](CCCS(=O)(=O)[O-])c2cc3c(cc21)OCO3.[K+]. The molecule has 2 aromatic carbocycles. The molecule has 0 radical (unpaired) electrons. The molecule has 284 valence electrons. The van der Waals surface area contributed by atoms with E-state index in [-0.39, 0.29) is 77.8 Å². The molecule has 0 atom stereocenters. The first kappa shape index (κ1) is 41.5. The number of rotatable bonds is 11. The Hall–Kier alpha value is -2.18. The summed E-state index contributed by atoms with van der Waals surface area (Å²) in [5.41, 5.74) is 6.55. The van der Waals surface area contributed by atoms with Crippen LogP contribution in [0.5, 0.6) is 23.0 Å². The maximum Gasteiger partial charge on any atom is 1.00 e. The van der Waals surface area contributed by atoms with Gasteiger partial charge < -0.3 is 33.0 Å². The number of hydrogen-bond donors (Lipinski definition) is 0. The van der Waals surface area contributed by atoms with Crippen molar-refractivity contribution in [3.63, 3.8) is 0 Å². The van der Waals surface area contributed by atoms with Gasteiger partial charge in [-0.1, -0.05) is 37.6 Å². The Kier molecular flexibility index (Phi) is 12.0. The molecule has 54 heavy (non-hydrogen) atoms. The van der Waals surface area contributed by atoms with Crippen molar-refractivity contribution in [1.29, 1.82) is 0 Å². The Labute approximate surface area is 364 Å². The molecule has 0 bridgehead atoms. The van der Waals surface area contributed by atoms with Gasteiger partial charge in [-0.3, -0.25) is 0 Å². The third-order valence-electron chi connectivity index (χ3n) is 10.7. The van der Waals surface area contributed by atoms with E-state index in [1.54, 1.807) is 0 Å². The molecule has 0 unspecified atom stereocenters. The number of fused-ring (bicyclic) bond motifs is 4. The maximum atomic E-state index is 11.5. The van der Waals surface area contributed by atoms with Crippen molar-refractivity contribution < 1.29 is 101 Å². The van der Waals surface area contributed by atoms with Crippen molar-refractivity contribution >= 4 is 48.9 Å². The molecule has 16 heteroatoms. The van der Waals surface area contributed by atoms with Crippen molar-refractivity contribution in [2.45, 2.75) is 70.6 Å². The first-order valence-electron chi connectivity index (χ1n) is 17.6. The molecule has 0 spiro atoms. The fourth-order valence-corrected chi connectivity index (χ4v) is 9.25. The van der Waals surface area contributed by atoms with E-state index in [4.69, 9.17) is 30.5 Å². The van der Waals surface area contributed by atoms with Crippen molar-refractivity contribution in [2.24, 2.45) is 0 Å². The summed E-state index contributed by atoms with van der Waals surface area (Å²) in [6, 6.07) is 7.76. The van der Waals surface area contributed by atoms with Gasteiger partial charge in [-0.25, -0.2) is 16.8 Å². The second kappa shape index (κ2) is 15.6. The second-order valence-corrected chi connectivity index (χ2v) is 18.3. The zero-order valence-corrected chi connectivity index (χ0v) is 36.6. The molecular formula is C38H42ClKN2O10S2. The number of allylic oxidation sites excluding steroid dienone is 8. The van der Waals surface area contributed by atoms with E-state index in [2.05, 4.69) is 37.2 Å². The summed E-state index contributed by atoms with van der Waals surface area (Å²) < 4.78 is 93.6. The predicted molar refractivity (Wildman–Crippen MR) is 199 cm³/mol. The van der Waals surface area contributed by atoms with E-state index in [9.17, 15) is 25.9 Å². The number of hydrogen-bond acceptors (Lipinski definition) is 11. The monoisotopic (exact) mass is 824 g/mol. The van der Waals surface area contributed by atoms with Crippen LogP contribution < -0.4 is 75.2 Å². The first-order chi connectivity index (χ1) is 24.9. The molecule has 0 saturated heterocycles. The van der Waals surface area contributed by atoms with Crippen LogP contribution in [0.1, 0.15) is 70.9 Å². The summed E-state index contributed by atoms with van der Waals surface area (Å²) in [6.45, 7) is 9.28. The Bertz CT molecular complexity index is 2260. The second-order valence-electron chi connectivity index (χ2n) is 14.9. The van der Waals surface area contributed by atoms with E-state index in [0.29, 0.717) is 41.1 Å². The summed E-state index contributed by atoms with van der Waals surface area (Å²) in [5.74, 6) is 1.59. The Morgan fingerprint density at radius 3 is 2.04 bits per heavy atom. The minimum absolute atomic E-state index is 0. The number of ether oxygens (including phenoxy) is 4. The summed E-state index contributed by atoms with van der Waals surface area (Å²) in [7, 11) is -8.76. The molecule has 1 aliphatic carbocycles. The topological polar surface area (TPSA) is 158 Å². The number of halogens is 1. The van der Waals surface area contributed by atoms with Crippen molar-refractivity contribution in [2.75, 3.05) is 43.1 Å². The maximum absolute atomic E-state index is 11.5. The zero-order chi connectivity index (χ0) is 37.9. The van der Waals surface area contributed by atoms with Gasteiger partial charge >= 0.3 is 51.4 Å². The molecule has 0 saturated carbocycles. The van der Waals surface area contributed by atoms with Crippen LogP contribution in [0.4, 0.5) is 11.4 Å². The van der Waals surface area contributed by atoms with Crippen LogP contribution in [-0.4, -0.2) is 74.4 Å². The van der Waals surface area contributed by atoms with Crippen LogP contribution >= 0.6 is 11.6 Å². The Balaban J connectivity index is 0.00000497. The summed E-state index contributed by atoms with van der Waals surface area (Å²) >= 11 is 7.14. The van der Waals surface area contributed by atoms with Crippen LogP contribution in [-0.2, 0) is 31.1 Å². The molecule has 2 aromatic rings. The molecular weight excluding hydrogens is 783 g/mol. The van der Waals surface area contributed by atoms with Gasteiger partial charge in [-0.15, -0.1) is 0 Å². The van der Waals surface area contributed by atoms with Crippen LogP contribution in [0.3, 0.4) is 0 Å². The zero-order valence-electron chi connectivity index (χ0n) is 31.1. The summed E-state index contributed by atoms with van der Waals surface area (Å²) in [5, 5.41) is 0.640. The van der Waals surface area contributed by atoms with Crippen LogP contribution in [0.25, 0.3) is 0 Å². The molecule has 7 rings (SSSR count).